The van der Waals surface area contributed by atoms with E-state index < -0.39 is 10.8 Å². The molecule has 0 amide bonds. The summed E-state index contributed by atoms with van der Waals surface area (Å²) < 4.78 is 27.8. The van der Waals surface area contributed by atoms with E-state index in [4.69, 9.17) is 0 Å². The first-order valence-electron chi connectivity index (χ1n) is 8.97. The lowest BCUT2D eigenvalue weighted by atomic mass is 9.46. The first-order chi connectivity index (χ1) is 11.9. The maximum Gasteiger partial charge on any atom is 0.178 e. The van der Waals surface area contributed by atoms with E-state index in [9.17, 15) is 18.4 Å². The molecule has 4 rings (SSSR count). The van der Waals surface area contributed by atoms with Crippen LogP contribution in [0.25, 0.3) is 0 Å². The van der Waals surface area contributed by atoms with E-state index >= 15 is 0 Å². The number of hydrogen-bond donors (Lipinski definition) is 0. The van der Waals surface area contributed by atoms with Gasteiger partial charge in [-0.25, -0.2) is 8.78 Å². The largest absolute Gasteiger partial charge is 0.299 e. The number of carbonyl (C=O) groups is 2. The zero-order chi connectivity index (χ0) is 18.0. The van der Waals surface area contributed by atoms with Gasteiger partial charge in [-0.05, 0) is 60.3 Å². The van der Waals surface area contributed by atoms with Crippen LogP contribution in [-0.2, 0) is 9.59 Å². The Morgan fingerprint density at radius 2 is 1.88 bits per heavy atom. The van der Waals surface area contributed by atoms with Crippen LogP contribution < -0.4 is 0 Å². The normalized spacial score (nSPS) is 46.1. The fourth-order valence-electron chi connectivity index (χ4n) is 5.99. The molecule has 5 atom stereocenters. The van der Waals surface area contributed by atoms with Crippen molar-refractivity contribution in [2.24, 2.45) is 28.6 Å². The van der Waals surface area contributed by atoms with Gasteiger partial charge in [0.1, 0.15) is 5.78 Å². The molecule has 0 aromatic heterocycles. The predicted molar refractivity (Wildman–Crippen MR) is 90.8 cm³/mol. The fourth-order valence-corrected chi connectivity index (χ4v) is 5.99. The van der Waals surface area contributed by atoms with Gasteiger partial charge >= 0.3 is 0 Å². The van der Waals surface area contributed by atoms with E-state index in [1.54, 1.807) is 0 Å². The van der Waals surface area contributed by atoms with E-state index in [2.05, 4.69) is 0 Å². The van der Waals surface area contributed by atoms with Gasteiger partial charge in [0.05, 0.1) is 12.7 Å². The number of Topliss-reactive ketones (excluding diaryl/α,β-unsaturated/α-hetero) is 1. The van der Waals surface area contributed by atoms with Crippen molar-refractivity contribution in [1.82, 2.24) is 0 Å². The Morgan fingerprint density at radius 1 is 1.12 bits per heavy atom. The van der Waals surface area contributed by atoms with Crippen LogP contribution in [0.5, 0.6) is 0 Å². The number of rotatable bonds is 0. The molecule has 25 heavy (non-hydrogen) atoms. The van der Waals surface area contributed by atoms with Gasteiger partial charge in [-0.2, -0.15) is 0 Å². The zero-order valence-corrected chi connectivity index (χ0v) is 14.5. The molecule has 0 aliphatic heterocycles. The van der Waals surface area contributed by atoms with Crippen LogP contribution in [0.15, 0.2) is 47.6 Å². The molecular weight excluding hydrogens is 322 g/mol. The Kier molecular flexibility index (Phi) is 3.54. The lowest BCUT2D eigenvalue weighted by Gasteiger charge is -2.56. The molecule has 0 aromatic carbocycles. The van der Waals surface area contributed by atoms with Crippen LogP contribution >= 0.6 is 0 Å². The monoisotopic (exact) mass is 344 g/mol. The van der Waals surface area contributed by atoms with Gasteiger partial charge in [-0.3, -0.25) is 9.59 Å². The summed E-state index contributed by atoms with van der Waals surface area (Å²) in [6, 6.07) is 0. The van der Waals surface area contributed by atoms with Crippen molar-refractivity contribution < 1.29 is 18.4 Å². The summed E-state index contributed by atoms with van der Waals surface area (Å²) >= 11 is 0. The van der Waals surface area contributed by atoms with Crippen LogP contribution in [0.1, 0.15) is 39.5 Å². The molecule has 0 heterocycles. The van der Waals surface area contributed by atoms with Gasteiger partial charge < -0.3 is 0 Å². The molecule has 0 saturated heterocycles. The molecule has 4 heteroatoms. The van der Waals surface area contributed by atoms with E-state index in [0.717, 1.165) is 19.3 Å². The van der Waals surface area contributed by atoms with Crippen LogP contribution in [0.3, 0.4) is 0 Å². The summed E-state index contributed by atoms with van der Waals surface area (Å²) in [5, 5.41) is 0. The standard InChI is InChI=1S/C21H22F2O2/c1-20-7-5-12(24)9-17(20)13(10-22)14(11-23)19-15-3-4-18(25)21(15,2)8-6-16(19)20/h5,7,9-11,15-16,19H,3-4,6,8H2,1-2H3/t15-,16-,19-,20+,21-/m0/s1. The van der Waals surface area contributed by atoms with E-state index in [1.807, 2.05) is 19.9 Å². The maximum absolute atomic E-state index is 14.0. The van der Waals surface area contributed by atoms with Crippen LogP contribution in [0, 0.1) is 28.6 Å². The number of allylic oxidation sites excluding steroid dienone is 6. The Hall–Kier alpha value is -1.84. The Morgan fingerprint density at radius 3 is 2.56 bits per heavy atom. The average molecular weight is 344 g/mol. The highest BCUT2D eigenvalue weighted by Gasteiger charge is 2.60. The van der Waals surface area contributed by atoms with Crippen molar-refractivity contribution in [3.05, 3.63) is 47.6 Å². The Balaban J connectivity index is 1.91. The zero-order valence-electron chi connectivity index (χ0n) is 14.5. The van der Waals surface area contributed by atoms with Gasteiger partial charge in [0.2, 0.25) is 0 Å². The third kappa shape index (κ3) is 2.00. The minimum absolute atomic E-state index is 0.0279. The number of hydrogen-bond acceptors (Lipinski definition) is 2. The Bertz CT molecular complexity index is 788. The molecule has 0 N–H and O–H groups in total. The number of ketones is 2. The predicted octanol–water partition coefficient (Wildman–Crippen LogP) is 4.79. The highest BCUT2D eigenvalue weighted by atomic mass is 19.1. The van der Waals surface area contributed by atoms with E-state index in [1.165, 1.54) is 12.2 Å². The van der Waals surface area contributed by atoms with Gasteiger partial charge in [0.25, 0.3) is 0 Å². The molecule has 132 valence electrons. The smallest absolute Gasteiger partial charge is 0.178 e. The summed E-state index contributed by atoms with van der Waals surface area (Å²) in [6.45, 7) is 4.00. The second-order valence-electron chi connectivity index (χ2n) is 8.32. The highest BCUT2D eigenvalue weighted by Crippen LogP contribution is 2.66. The van der Waals surface area contributed by atoms with Crippen molar-refractivity contribution in [1.29, 1.82) is 0 Å². The molecule has 0 aromatic rings. The topological polar surface area (TPSA) is 34.1 Å². The molecule has 0 bridgehead atoms. The van der Waals surface area contributed by atoms with E-state index in [-0.39, 0.29) is 34.9 Å². The molecule has 4 aliphatic carbocycles. The quantitative estimate of drug-likeness (QED) is 0.633. The second-order valence-corrected chi connectivity index (χ2v) is 8.32. The highest BCUT2D eigenvalue weighted by molar-refractivity contribution is 6.02. The van der Waals surface area contributed by atoms with Crippen molar-refractivity contribution in [2.75, 3.05) is 0 Å². The minimum Gasteiger partial charge on any atom is -0.299 e. The summed E-state index contributed by atoms with van der Waals surface area (Å²) in [5.41, 5.74) is 0.136. The minimum atomic E-state index is -0.504. The third-order valence-electron chi connectivity index (χ3n) is 7.40. The SMILES string of the molecule is C[C@]12C=CC(=O)C=C1C(=CF)C(=CF)[C@@H]1[C@@H]2CC[C@]2(C)C(=O)CC[C@@H]12. The molecule has 4 aliphatic rings. The van der Waals surface area contributed by atoms with Crippen LogP contribution in [0.4, 0.5) is 8.78 Å². The molecular formula is C21H22F2O2. The van der Waals surface area contributed by atoms with Crippen LogP contribution in [0.2, 0.25) is 0 Å². The second kappa shape index (κ2) is 5.33. The summed E-state index contributed by atoms with van der Waals surface area (Å²) in [6.07, 6.45) is 8.57. The molecule has 0 spiro atoms. The van der Waals surface area contributed by atoms with Gasteiger partial charge in [0, 0.05) is 22.8 Å². The molecule has 0 unspecified atom stereocenters. The van der Waals surface area contributed by atoms with E-state index in [0.29, 0.717) is 30.2 Å². The number of carbonyl (C=O) groups excluding carboxylic acids is 2. The van der Waals surface area contributed by atoms with Crippen LogP contribution in [-0.4, -0.2) is 11.6 Å². The number of halogens is 2. The molecule has 2 nitrogen and oxygen atoms in total. The third-order valence-corrected chi connectivity index (χ3v) is 7.40. The van der Waals surface area contributed by atoms with Crippen molar-refractivity contribution in [3.63, 3.8) is 0 Å². The summed E-state index contributed by atoms with van der Waals surface area (Å²) in [4.78, 5) is 24.4. The summed E-state index contributed by atoms with van der Waals surface area (Å²) in [7, 11) is 0. The molecule has 3 saturated carbocycles. The Labute approximate surface area is 146 Å². The first kappa shape index (κ1) is 16.6. The lowest BCUT2D eigenvalue weighted by molar-refractivity contribution is -0.130. The van der Waals surface area contributed by atoms with Crippen molar-refractivity contribution in [3.8, 4) is 0 Å². The van der Waals surface area contributed by atoms with Gasteiger partial charge in [0.15, 0.2) is 5.78 Å². The first-order valence-corrected chi connectivity index (χ1v) is 8.97. The van der Waals surface area contributed by atoms with Gasteiger partial charge in [-0.15, -0.1) is 0 Å². The summed E-state index contributed by atoms with van der Waals surface area (Å²) in [5.74, 6) is -0.0453. The number of fused-ring (bicyclic) bond motifs is 5. The molecule has 0 radical (unpaired) electrons. The fraction of sp³-hybridized carbons (Fsp3) is 0.524. The molecule has 3 fully saturated rings. The van der Waals surface area contributed by atoms with Crippen molar-refractivity contribution >= 4 is 11.6 Å². The lowest BCUT2D eigenvalue weighted by Crippen LogP contribution is -2.51. The average Bonchev–Trinajstić information content (AvgIpc) is 2.90. The van der Waals surface area contributed by atoms with Crippen molar-refractivity contribution in [2.45, 2.75) is 39.5 Å². The maximum atomic E-state index is 14.0. The van der Waals surface area contributed by atoms with Gasteiger partial charge in [-0.1, -0.05) is 19.9 Å².